The molecule has 1 N–H and O–H groups in total. The Morgan fingerprint density at radius 1 is 1.18 bits per heavy atom. The van der Waals surface area contributed by atoms with E-state index in [0.717, 1.165) is 60.4 Å². The van der Waals surface area contributed by atoms with Gasteiger partial charge in [-0.2, -0.15) is 0 Å². The van der Waals surface area contributed by atoms with Crippen LogP contribution in [0.1, 0.15) is 31.2 Å². The lowest BCUT2D eigenvalue weighted by Crippen LogP contribution is -2.58. The van der Waals surface area contributed by atoms with Crippen LogP contribution < -0.4 is 15.0 Å². The minimum absolute atomic E-state index is 0.157. The predicted molar refractivity (Wildman–Crippen MR) is 142 cm³/mol. The summed E-state index contributed by atoms with van der Waals surface area (Å²) in [4.78, 5) is 24.4. The van der Waals surface area contributed by atoms with E-state index < -0.39 is 17.0 Å². The first-order valence-electron chi connectivity index (χ1n) is 12.9. The number of anilines is 1. The van der Waals surface area contributed by atoms with Gasteiger partial charge in [0.1, 0.15) is 29.5 Å². The smallest absolute Gasteiger partial charge is 0.313 e. The largest absolute Gasteiger partial charge is 0.497 e. The summed E-state index contributed by atoms with van der Waals surface area (Å²) in [5, 5.41) is 4.40. The second kappa shape index (κ2) is 11.0. The molecule has 0 bridgehead atoms. The molecule has 7 nitrogen and oxygen atoms in total. The monoisotopic (exact) mass is 522 g/mol. The molecule has 2 aromatic carbocycles. The van der Waals surface area contributed by atoms with E-state index in [-0.39, 0.29) is 23.5 Å². The van der Waals surface area contributed by atoms with Crippen LogP contribution in [-0.4, -0.2) is 55.8 Å². The molecule has 1 aliphatic carbocycles. The minimum Gasteiger partial charge on any atom is -0.497 e. The quantitative estimate of drug-likeness (QED) is 0.449. The number of aromatic nitrogens is 2. The molecule has 9 heteroatoms. The van der Waals surface area contributed by atoms with E-state index in [1.54, 1.807) is 25.6 Å². The van der Waals surface area contributed by atoms with Gasteiger partial charge in [0.05, 0.1) is 25.2 Å². The standard InChI is InChI=1S/C29H32F2N4O3/c1-37-23-6-8-26-24(16-23)27(34-18-33-26)35-13-10-20-15-22(9-11-29(20,17-35)28(36)38-2)32-12-3-4-19-14-21(30)5-7-25(19)31/h3-8,14,16,18,20,22,32H,9-13,15,17H2,1-2H3/b4-3+. The number of carbonyl (C=O) groups excluding carboxylic acids is 1. The zero-order chi connectivity index (χ0) is 26.7. The van der Waals surface area contributed by atoms with Gasteiger partial charge in [-0.15, -0.1) is 0 Å². The molecule has 3 atom stereocenters. The Bertz CT molecular complexity index is 1350. The molecule has 3 unspecified atom stereocenters. The van der Waals surface area contributed by atoms with Crippen LogP contribution in [0.2, 0.25) is 0 Å². The van der Waals surface area contributed by atoms with Crippen molar-refractivity contribution in [3.63, 3.8) is 0 Å². The highest BCUT2D eigenvalue weighted by atomic mass is 19.1. The molecular weight excluding hydrogens is 490 g/mol. The molecule has 2 fully saturated rings. The fourth-order valence-electron chi connectivity index (χ4n) is 6.02. The summed E-state index contributed by atoms with van der Waals surface area (Å²) in [5.41, 5.74) is 0.425. The van der Waals surface area contributed by atoms with Gasteiger partial charge in [0, 0.05) is 36.6 Å². The third-order valence-corrected chi connectivity index (χ3v) is 8.00. The first kappa shape index (κ1) is 26.0. The Hall–Kier alpha value is -3.59. The van der Waals surface area contributed by atoms with Gasteiger partial charge in [-0.25, -0.2) is 18.7 Å². The highest BCUT2D eigenvalue weighted by molar-refractivity contribution is 5.91. The van der Waals surface area contributed by atoms with Gasteiger partial charge in [0.2, 0.25) is 0 Å². The third-order valence-electron chi connectivity index (χ3n) is 8.00. The molecule has 0 radical (unpaired) electrons. The number of carbonyl (C=O) groups is 1. The first-order chi connectivity index (χ1) is 18.4. The second-order valence-corrected chi connectivity index (χ2v) is 10.1. The normalized spacial score (nSPS) is 23.4. The number of halogens is 2. The zero-order valence-corrected chi connectivity index (χ0v) is 21.6. The van der Waals surface area contributed by atoms with Gasteiger partial charge < -0.3 is 19.7 Å². The van der Waals surface area contributed by atoms with E-state index >= 15 is 0 Å². The fraction of sp³-hybridized carbons (Fsp3) is 0.414. The SMILES string of the molecule is COC(=O)C12CCC(NC/C=C/c3cc(F)ccc3F)CC1CCN(c1ncnc3ccc(OC)cc13)C2. The van der Waals surface area contributed by atoms with Crippen LogP contribution >= 0.6 is 0 Å². The van der Waals surface area contributed by atoms with Gasteiger partial charge >= 0.3 is 5.97 Å². The van der Waals surface area contributed by atoms with Gasteiger partial charge in [-0.1, -0.05) is 12.2 Å². The number of fused-ring (bicyclic) bond motifs is 2. The van der Waals surface area contributed by atoms with Crippen LogP contribution in [0.25, 0.3) is 17.0 Å². The van der Waals surface area contributed by atoms with E-state index in [1.807, 2.05) is 18.2 Å². The van der Waals surface area contributed by atoms with E-state index in [9.17, 15) is 13.6 Å². The second-order valence-electron chi connectivity index (χ2n) is 10.1. The Morgan fingerprint density at radius 3 is 2.87 bits per heavy atom. The van der Waals surface area contributed by atoms with E-state index in [4.69, 9.17) is 9.47 Å². The van der Waals surface area contributed by atoms with Crippen molar-refractivity contribution >= 4 is 28.8 Å². The topological polar surface area (TPSA) is 76.6 Å². The molecule has 3 aromatic rings. The molecule has 1 saturated carbocycles. The number of nitrogens with zero attached hydrogens (tertiary/aromatic N) is 3. The maximum atomic E-state index is 13.9. The summed E-state index contributed by atoms with van der Waals surface area (Å²) in [6.07, 6.45) is 8.11. The fourth-order valence-corrected chi connectivity index (χ4v) is 6.02. The van der Waals surface area contributed by atoms with Crippen molar-refractivity contribution in [3.8, 4) is 5.75 Å². The average molecular weight is 523 g/mol. The lowest BCUT2D eigenvalue weighted by Gasteiger charge is -2.51. The van der Waals surface area contributed by atoms with E-state index in [0.29, 0.717) is 19.5 Å². The van der Waals surface area contributed by atoms with Crippen molar-refractivity contribution in [1.29, 1.82) is 0 Å². The van der Waals surface area contributed by atoms with Crippen LogP contribution in [0.3, 0.4) is 0 Å². The van der Waals surface area contributed by atoms with Crippen molar-refractivity contribution in [2.45, 2.75) is 31.7 Å². The van der Waals surface area contributed by atoms with Gasteiger partial charge in [0.25, 0.3) is 0 Å². The number of methoxy groups -OCH3 is 2. The van der Waals surface area contributed by atoms with Crippen LogP contribution in [0.4, 0.5) is 14.6 Å². The molecule has 1 saturated heterocycles. The highest BCUT2D eigenvalue weighted by Gasteiger charge is 2.53. The molecule has 2 heterocycles. The number of piperidine rings is 1. The number of benzene rings is 2. The molecule has 200 valence electrons. The van der Waals surface area contributed by atoms with Crippen molar-refractivity contribution in [1.82, 2.24) is 15.3 Å². The molecule has 5 rings (SSSR count). The van der Waals surface area contributed by atoms with Crippen LogP contribution in [0.15, 0.2) is 48.8 Å². The number of ether oxygens (including phenoxy) is 2. The maximum absolute atomic E-state index is 13.9. The minimum atomic E-state index is -0.623. The number of hydrogen-bond acceptors (Lipinski definition) is 7. The number of hydrogen-bond donors (Lipinski definition) is 1. The summed E-state index contributed by atoms with van der Waals surface area (Å²) < 4.78 is 38.0. The van der Waals surface area contributed by atoms with Crippen molar-refractivity contribution in [3.05, 3.63) is 66.0 Å². The Labute approximate surface area is 220 Å². The molecule has 38 heavy (non-hydrogen) atoms. The Balaban J connectivity index is 1.30. The highest BCUT2D eigenvalue weighted by Crippen LogP contribution is 2.48. The van der Waals surface area contributed by atoms with Crippen LogP contribution in [0.5, 0.6) is 5.75 Å². The van der Waals surface area contributed by atoms with Crippen molar-refractivity contribution in [2.75, 3.05) is 38.8 Å². The summed E-state index contributed by atoms with van der Waals surface area (Å²) in [6.45, 7) is 1.82. The van der Waals surface area contributed by atoms with Gasteiger partial charge in [-0.05, 0) is 68.0 Å². The molecule has 0 spiro atoms. The summed E-state index contributed by atoms with van der Waals surface area (Å²) in [5.74, 6) is 0.584. The molecule has 0 amide bonds. The molecular formula is C29H32F2N4O3. The molecule has 2 aliphatic rings. The zero-order valence-electron chi connectivity index (χ0n) is 21.6. The van der Waals surface area contributed by atoms with Gasteiger partial charge in [-0.3, -0.25) is 4.79 Å². The summed E-state index contributed by atoms with van der Waals surface area (Å²) >= 11 is 0. The van der Waals surface area contributed by atoms with Crippen LogP contribution in [-0.2, 0) is 9.53 Å². The summed E-state index contributed by atoms with van der Waals surface area (Å²) in [6, 6.07) is 9.36. The lowest BCUT2D eigenvalue weighted by molar-refractivity contribution is -0.160. The Kier molecular flexibility index (Phi) is 7.56. The number of esters is 1. The lowest BCUT2D eigenvalue weighted by atomic mass is 9.61. The summed E-state index contributed by atoms with van der Waals surface area (Å²) in [7, 11) is 3.09. The third kappa shape index (κ3) is 5.07. The predicted octanol–water partition coefficient (Wildman–Crippen LogP) is 4.76. The molecule has 1 aromatic heterocycles. The van der Waals surface area contributed by atoms with Crippen molar-refractivity contribution < 1.29 is 23.0 Å². The van der Waals surface area contributed by atoms with Gasteiger partial charge in [0.15, 0.2) is 0 Å². The Morgan fingerprint density at radius 2 is 2.05 bits per heavy atom. The van der Waals surface area contributed by atoms with E-state index in [2.05, 4.69) is 20.2 Å². The maximum Gasteiger partial charge on any atom is 0.313 e. The van der Waals surface area contributed by atoms with E-state index in [1.165, 1.54) is 13.2 Å². The first-order valence-corrected chi connectivity index (χ1v) is 12.9. The molecule has 1 aliphatic heterocycles. The number of rotatable bonds is 7. The van der Waals surface area contributed by atoms with Crippen molar-refractivity contribution in [2.24, 2.45) is 11.3 Å². The van der Waals surface area contributed by atoms with Crippen LogP contribution in [0, 0.1) is 23.0 Å². The average Bonchev–Trinajstić information content (AvgIpc) is 2.95. The number of nitrogens with one attached hydrogen (secondary N) is 1.